The third kappa shape index (κ3) is 4.14. The molecule has 1 rings (SSSR count). The average Bonchev–Trinajstić information content (AvgIpc) is 2.43. The Morgan fingerprint density at radius 1 is 1.25 bits per heavy atom. The lowest BCUT2D eigenvalue weighted by molar-refractivity contribution is 0.0948. The first kappa shape index (κ1) is 16.3. The maximum Gasteiger partial charge on any atom is 0.251 e. The van der Waals surface area contributed by atoms with Gasteiger partial charge in [-0.1, -0.05) is 13.8 Å². The summed E-state index contributed by atoms with van der Waals surface area (Å²) in [6.07, 6.45) is 0. The second kappa shape index (κ2) is 7.76. The van der Waals surface area contributed by atoms with Crippen LogP contribution in [0.15, 0.2) is 12.1 Å². The van der Waals surface area contributed by atoms with Crippen molar-refractivity contribution in [1.29, 1.82) is 0 Å². The number of nitrogens with zero attached hydrogens (tertiary/aromatic N) is 1. The Kier molecular flexibility index (Phi) is 6.33. The van der Waals surface area contributed by atoms with Crippen LogP contribution in [-0.2, 0) is 0 Å². The van der Waals surface area contributed by atoms with Gasteiger partial charge in [0.25, 0.3) is 5.91 Å². The van der Waals surface area contributed by atoms with Gasteiger partial charge in [0.1, 0.15) is 5.69 Å². The van der Waals surface area contributed by atoms with Crippen LogP contribution in [0.2, 0.25) is 0 Å². The summed E-state index contributed by atoms with van der Waals surface area (Å²) < 4.78 is 26.9. The molecule has 112 valence electrons. The van der Waals surface area contributed by atoms with Crippen LogP contribution in [0.4, 0.5) is 14.5 Å². The number of carbonyl (C=O) groups is 1. The van der Waals surface area contributed by atoms with E-state index in [2.05, 4.69) is 10.2 Å². The maximum absolute atomic E-state index is 13.5. The molecule has 1 aromatic carbocycles. The van der Waals surface area contributed by atoms with Crippen molar-refractivity contribution in [3.05, 3.63) is 29.3 Å². The molecule has 0 spiro atoms. The molecule has 0 atom stereocenters. The molecular weight excluding hydrogens is 266 g/mol. The molecule has 0 saturated carbocycles. The molecule has 0 aliphatic rings. The lowest BCUT2D eigenvalue weighted by Gasteiger charge is -2.18. The van der Waals surface area contributed by atoms with Gasteiger partial charge < -0.3 is 15.6 Å². The van der Waals surface area contributed by atoms with Gasteiger partial charge in [-0.05, 0) is 25.2 Å². The SMILES string of the molecule is CCN(CC)CCNC(=O)c1cc(F)c(NN)c(F)c1. The number of nitrogen functional groups attached to an aromatic ring is 1. The summed E-state index contributed by atoms with van der Waals surface area (Å²) in [5, 5.41) is 2.62. The topological polar surface area (TPSA) is 70.4 Å². The molecule has 1 amide bonds. The highest BCUT2D eigenvalue weighted by molar-refractivity contribution is 5.94. The van der Waals surface area contributed by atoms with Gasteiger partial charge in [-0.25, -0.2) is 8.78 Å². The zero-order valence-electron chi connectivity index (χ0n) is 11.7. The van der Waals surface area contributed by atoms with Crippen LogP contribution in [0.25, 0.3) is 0 Å². The normalized spacial score (nSPS) is 10.7. The van der Waals surface area contributed by atoms with Crippen molar-refractivity contribution in [3.8, 4) is 0 Å². The standard InChI is InChI=1S/C13H20F2N4O/c1-3-19(4-2)6-5-17-13(20)9-7-10(14)12(18-16)11(15)8-9/h7-8,18H,3-6,16H2,1-2H3,(H,17,20). The Morgan fingerprint density at radius 2 is 1.80 bits per heavy atom. The summed E-state index contributed by atoms with van der Waals surface area (Å²) in [5.41, 5.74) is 1.39. The van der Waals surface area contributed by atoms with E-state index in [1.165, 1.54) is 0 Å². The molecule has 1 aromatic rings. The molecule has 0 fully saturated rings. The number of benzene rings is 1. The number of amides is 1. The van der Waals surface area contributed by atoms with Gasteiger partial charge in [0.2, 0.25) is 0 Å². The monoisotopic (exact) mass is 286 g/mol. The number of anilines is 1. The second-order valence-electron chi connectivity index (χ2n) is 4.24. The smallest absolute Gasteiger partial charge is 0.251 e. The lowest BCUT2D eigenvalue weighted by Crippen LogP contribution is -2.34. The first-order valence-electron chi connectivity index (χ1n) is 6.49. The Bertz CT molecular complexity index is 441. The summed E-state index contributed by atoms with van der Waals surface area (Å²) >= 11 is 0. The fourth-order valence-electron chi connectivity index (χ4n) is 1.81. The van der Waals surface area contributed by atoms with Crippen LogP contribution in [0.3, 0.4) is 0 Å². The van der Waals surface area contributed by atoms with Crippen LogP contribution in [-0.4, -0.2) is 37.0 Å². The molecule has 0 saturated heterocycles. The van der Waals surface area contributed by atoms with E-state index in [1.807, 2.05) is 19.3 Å². The fraction of sp³-hybridized carbons (Fsp3) is 0.462. The lowest BCUT2D eigenvalue weighted by atomic mass is 10.1. The molecule has 7 heteroatoms. The van der Waals surface area contributed by atoms with Crippen LogP contribution in [0, 0.1) is 11.6 Å². The van der Waals surface area contributed by atoms with Crippen LogP contribution in [0.5, 0.6) is 0 Å². The molecule has 0 unspecified atom stereocenters. The van der Waals surface area contributed by atoms with E-state index in [0.717, 1.165) is 25.2 Å². The number of halogens is 2. The molecule has 0 aromatic heterocycles. The Morgan fingerprint density at radius 3 is 2.25 bits per heavy atom. The maximum atomic E-state index is 13.5. The molecule has 0 aliphatic heterocycles. The minimum Gasteiger partial charge on any atom is -0.351 e. The largest absolute Gasteiger partial charge is 0.351 e. The van der Waals surface area contributed by atoms with Gasteiger partial charge in [0, 0.05) is 18.7 Å². The minimum absolute atomic E-state index is 0.0708. The van der Waals surface area contributed by atoms with Gasteiger partial charge >= 0.3 is 0 Å². The number of hydrogen-bond donors (Lipinski definition) is 3. The minimum atomic E-state index is -0.901. The highest BCUT2D eigenvalue weighted by atomic mass is 19.1. The first-order valence-corrected chi connectivity index (χ1v) is 6.49. The zero-order valence-corrected chi connectivity index (χ0v) is 11.7. The van der Waals surface area contributed by atoms with Crippen molar-refractivity contribution >= 4 is 11.6 Å². The fourth-order valence-corrected chi connectivity index (χ4v) is 1.81. The zero-order chi connectivity index (χ0) is 15.1. The third-order valence-electron chi connectivity index (χ3n) is 3.06. The number of likely N-dealkylation sites (N-methyl/N-ethyl adjacent to an activating group) is 1. The molecule has 20 heavy (non-hydrogen) atoms. The van der Waals surface area contributed by atoms with Crippen molar-refractivity contribution in [1.82, 2.24) is 10.2 Å². The molecule has 0 radical (unpaired) electrons. The first-order chi connectivity index (χ1) is 9.53. The quantitative estimate of drug-likeness (QED) is 0.522. The van der Waals surface area contributed by atoms with Gasteiger partial charge in [0.05, 0.1) is 0 Å². The third-order valence-corrected chi connectivity index (χ3v) is 3.06. The predicted molar refractivity (Wildman–Crippen MR) is 74.3 cm³/mol. The molecular formula is C13H20F2N4O. The van der Waals surface area contributed by atoms with Crippen molar-refractivity contribution in [2.75, 3.05) is 31.6 Å². The summed E-state index contributed by atoms with van der Waals surface area (Å²) in [6, 6.07) is 1.90. The molecule has 5 nitrogen and oxygen atoms in total. The van der Waals surface area contributed by atoms with Gasteiger partial charge in [-0.3, -0.25) is 10.6 Å². The summed E-state index contributed by atoms with van der Waals surface area (Å²) in [6.45, 7) is 6.91. The van der Waals surface area contributed by atoms with Gasteiger partial charge in [-0.15, -0.1) is 0 Å². The van der Waals surface area contributed by atoms with Crippen molar-refractivity contribution in [3.63, 3.8) is 0 Å². The highest BCUT2D eigenvalue weighted by Gasteiger charge is 2.14. The van der Waals surface area contributed by atoms with E-state index in [-0.39, 0.29) is 5.56 Å². The van der Waals surface area contributed by atoms with Gasteiger partial charge in [0.15, 0.2) is 11.6 Å². The van der Waals surface area contributed by atoms with Gasteiger partial charge in [-0.2, -0.15) is 0 Å². The van der Waals surface area contributed by atoms with Crippen molar-refractivity contribution in [2.45, 2.75) is 13.8 Å². The average molecular weight is 286 g/mol. The highest BCUT2D eigenvalue weighted by Crippen LogP contribution is 2.19. The van der Waals surface area contributed by atoms with Crippen LogP contribution in [0.1, 0.15) is 24.2 Å². The second-order valence-corrected chi connectivity index (χ2v) is 4.24. The molecule has 0 bridgehead atoms. The van der Waals surface area contributed by atoms with E-state index in [4.69, 9.17) is 5.84 Å². The van der Waals surface area contributed by atoms with E-state index < -0.39 is 23.2 Å². The molecule has 0 aliphatic carbocycles. The van der Waals surface area contributed by atoms with E-state index >= 15 is 0 Å². The number of nitrogens with two attached hydrogens (primary N) is 1. The predicted octanol–water partition coefficient (Wildman–Crippen LogP) is 1.32. The number of carbonyl (C=O) groups excluding carboxylic acids is 1. The van der Waals surface area contributed by atoms with E-state index in [0.29, 0.717) is 13.1 Å². The number of rotatable bonds is 7. The number of nitrogens with one attached hydrogen (secondary N) is 2. The number of hydrogen-bond acceptors (Lipinski definition) is 4. The Hall–Kier alpha value is -1.73. The summed E-state index contributed by atoms with van der Waals surface area (Å²) in [4.78, 5) is 13.9. The van der Waals surface area contributed by atoms with Crippen molar-refractivity contribution in [2.24, 2.45) is 5.84 Å². The molecule has 0 heterocycles. The van der Waals surface area contributed by atoms with Crippen LogP contribution < -0.4 is 16.6 Å². The number of hydrazine groups is 1. The van der Waals surface area contributed by atoms with Crippen LogP contribution >= 0.6 is 0 Å². The molecule has 4 N–H and O–H groups in total. The Balaban J connectivity index is 2.64. The summed E-state index contributed by atoms with van der Waals surface area (Å²) in [7, 11) is 0. The summed E-state index contributed by atoms with van der Waals surface area (Å²) in [5.74, 6) is 2.67. The van der Waals surface area contributed by atoms with E-state index in [1.54, 1.807) is 0 Å². The van der Waals surface area contributed by atoms with E-state index in [9.17, 15) is 13.6 Å². The van der Waals surface area contributed by atoms with Crippen molar-refractivity contribution < 1.29 is 13.6 Å². The Labute approximate surface area is 117 Å².